The molecule has 1 fully saturated rings. The minimum absolute atomic E-state index is 0.00649. The van der Waals surface area contributed by atoms with Crippen molar-refractivity contribution in [3.05, 3.63) is 48.0 Å². The summed E-state index contributed by atoms with van der Waals surface area (Å²) in [7, 11) is 0. The van der Waals surface area contributed by atoms with E-state index >= 15 is 0 Å². The Morgan fingerprint density at radius 3 is 2.52 bits per heavy atom. The molecule has 0 aliphatic carbocycles. The number of benzene rings is 1. The maximum atomic E-state index is 13.2. The molecule has 0 bridgehead atoms. The second-order valence-corrected chi connectivity index (χ2v) is 9.26. The lowest BCUT2D eigenvalue weighted by atomic mass is 9.96. The number of fused-ring (bicyclic) bond motifs is 3. The zero-order valence-electron chi connectivity index (χ0n) is 18.3. The number of para-hydroxylation sites is 1. The van der Waals surface area contributed by atoms with Crippen molar-refractivity contribution in [2.45, 2.75) is 58.0 Å². The van der Waals surface area contributed by atoms with Crippen LogP contribution in [0.5, 0.6) is 0 Å². The highest BCUT2D eigenvalue weighted by Gasteiger charge is 2.52. The van der Waals surface area contributed by atoms with Gasteiger partial charge in [0.25, 0.3) is 5.91 Å². The van der Waals surface area contributed by atoms with Crippen LogP contribution < -0.4 is 10.2 Å². The van der Waals surface area contributed by atoms with Crippen molar-refractivity contribution >= 4 is 29.1 Å². The van der Waals surface area contributed by atoms with Gasteiger partial charge in [-0.25, -0.2) is 9.97 Å². The van der Waals surface area contributed by atoms with E-state index < -0.39 is 5.66 Å². The fourth-order valence-corrected chi connectivity index (χ4v) is 4.26. The molecule has 2 aliphatic heterocycles. The Kier molecular flexibility index (Phi) is 5.03. The summed E-state index contributed by atoms with van der Waals surface area (Å²) in [4.78, 5) is 50.4. The molecule has 1 aromatic carbocycles. The van der Waals surface area contributed by atoms with Crippen LogP contribution in [0.1, 0.15) is 63.1 Å². The first kappa shape index (κ1) is 21.0. The van der Waals surface area contributed by atoms with E-state index in [0.29, 0.717) is 35.6 Å². The molecule has 2 aliphatic rings. The van der Waals surface area contributed by atoms with E-state index in [1.165, 1.54) is 0 Å². The lowest BCUT2D eigenvalue weighted by Crippen LogP contribution is -2.62. The monoisotopic (exact) mass is 421 g/mol. The lowest BCUT2D eigenvalue weighted by Gasteiger charge is -2.48. The Morgan fingerprint density at radius 1 is 1.16 bits per heavy atom. The summed E-state index contributed by atoms with van der Waals surface area (Å²) in [6.45, 7) is 8.16. The van der Waals surface area contributed by atoms with Crippen LogP contribution >= 0.6 is 0 Å². The first-order valence-corrected chi connectivity index (χ1v) is 10.5. The van der Waals surface area contributed by atoms with Crippen LogP contribution in [0, 0.1) is 0 Å². The minimum Gasteiger partial charge on any atom is -0.323 e. The zero-order valence-corrected chi connectivity index (χ0v) is 18.3. The van der Waals surface area contributed by atoms with Gasteiger partial charge in [0.2, 0.25) is 11.8 Å². The third-order valence-corrected chi connectivity index (χ3v) is 5.91. The normalized spacial score (nSPS) is 20.5. The zero-order chi connectivity index (χ0) is 22.4. The standard InChI is InChI=1S/C23H27N5O3/c1-22(2,3)21-24-13-15(14-25-21)26-18(29)10-12-27-20(31)16-7-5-6-8-17(16)28-19(30)9-11-23(27,28)4/h5-8,13-14H,9-12H2,1-4H3,(H,26,29). The number of hydrogen-bond acceptors (Lipinski definition) is 5. The fraction of sp³-hybridized carbons (Fsp3) is 0.435. The van der Waals surface area contributed by atoms with Gasteiger partial charge in [-0.15, -0.1) is 0 Å². The van der Waals surface area contributed by atoms with E-state index in [9.17, 15) is 14.4 Å². The van der Waals surface area contributed by atoms with Gasteiger partial charge in [-0.1, -0.05) is 32.9 Å². The van der Waals surface area contributed by atoms with Gasteiger partial charge < -0.3 is 10.2 Å². The van der Waals surface area contributed by atoms with Crippen molar-refractivity contribution in [1.29, 1.82) is 0 Å². The van der Waals surface area contributed by atoms with Crippen LogP contribution in [-0.4, -0.2) is 44.8 Å². The predicted molar refractivity (Wildman–Crippen MR) is 117 cm³/mol. The molecular weight excluding hydrogens is 394 g/mol. The minimum atomic E-state index is -0.764. The number of carbonyl (C=O) groups is 3. The van der Waals surface area contributed by atoms with Gasteiger partial charge in [-0.3, -0.25) is 19.3 Å². The molecule has 1 atom stereocenters. The van der Waals surface area contributed by atoms with Gasteiger partial charge in [0.1, 0.15) is 11.5 Å². The summed E-state index contributed by atoms with van der Waals surface area (Å²) in [5.74, 6) is 0.294. The molecule has 3 amide bonds. The van der Waals surface area contributed by atoms with Crippen molar-refractivity contribution in [3.8, 4) is 0 Å². The van der Waals surface area contributed by atoms with Crippen LogP contribution in [0.3, 0.4) is 0 Å². The molecule has 4 rings (SSSR count). The highest BCUT2D eigenvalue weighted by atomic mass is 16.2. The highest BCUT2D eigenvalue weighted by molar-refractivity contribution is 6.10. The number of hydrogen-bond donors (Lipinski definition) is 1. The lowest BCUT2D eigenvalue weighted by molar-refractivity contribution is -0.117. The van der Waals surface area contributed by atoms with Crippen LogP contribution in [-0.2, 0) is 15.0 Å². The molecule has 1 unspecified atom stereocenters. The number of anilines is 2. The molecule has 0 spiro atoms. The Labute approximate surface area is 181 Å². The summed E-state index contributed by atoms with van der Waals surface area (Å²) in [6, 6.07) is 7.14. The maximum absolute atomic E-state index is 13.2. The summed E-state index contributed by atoms with van der Waals surface area (Å²) >= 11 is 0. The van der Waals surface area contributed by atoms with Crippen molar-refractivity contribution in [2.24, 2.45) is 0 Å². The van der Waals surface area contributed by atoms with Gasteiger partial charge >= 0.3 is 0 Å². The molecule has 1 aromatic heterocycles. The third-order valence-electron chi connectivity index (χ3n) is 5.91. The molecule has 1 saturated heterocycles. The van der Waals surface area contributed by atoms with Crippen LogP contribution in [0.15, 0.2) is 36.7 Å². The molecule has 3 heterocycles. The van der Waals surface area contributed by atoms with Gasteiger partial charge in [0, 0.05) is 24.8 Å². The van der Waals surface area contributed by atoms with Crippen molar-refractivity contribution < 1.29 is 14.4 Å². The maximum Gasteiger partial charge on any atom is 0.257 e. The molecule has 2 aromatic rings. The Bertz CT molecular complexity index is 1040. The first-order valence-electron chi connectivity index (χ1n) is 10.5. The van der Waals surface area contributed by atoms with Crippen molar-refractivity contribution in [2.75, 3.05) is 16.8 Å². The van der Waals surface area contributed by atoms with Gasteiger partial charge in [0.05, 0.1) is 29.3 Å². The molecule has 8 nitrogen and oxygen atoms in total. The van der Waals surface area contributed by atoms with E-state index in [4.69, 9.17) is 0 Å². The average Bonchev–Trinajstić information content (AvgIpc) is 3.03. The first-order chi connectivity index (χ1) is 14.6. The number of carbonyl (C=O) groups excluding carboxylic acids is 3. The number of nitrogens with one attached hydrogen (secondary N) is 1. The molecule has 0 saturated carbocycles. The largest absolute Gasteiger partial charge is 0.323 e. The van der Waals surface area contributed by atoms with Gasteiger partial charge in [-0.2, -0.15) is 0 Å². The van der Waals surface area contributed by atoms with Gasteiger partial charge in [-0.05, 0) is 25.5 Å². The average molecular weight is 422 g/mol. The second kappa shape index (κ2) is 7.44. The SMILES string of the molecule is CC(C)(C)c1ncc(NC(=O)CCN2C(=O)c3ccccc3N3C(=O)CCC23C)cn1. The number of rotatable bonds is 4. The van der Waals surface area contributed by atoms with E-state index in [-0.39, 0.29) is 36.1 Å². The molecule has 0 radical (unpaired) electrons. The number of aromatic nitrogens is 2. The third kappa shape index (κ3) is 3.66. The quantitative estimate of drug-likeness (QED) is 0.818. The van der Waals surface area contributed by atoms with Gasteiger partial charge in [0.15, 0.2) is 0 Å². The van der Waals surface area contributed by atoms with Crippen molar-refractivity contribution in [3.63, 3.8) is 0 Å². The Morgan fingerprint density at radius 2 is 1.84 bits per heavy atom. The molecule has 1 N–H and O–H groups in total. The van der Waals surface area contributed by atoms with Crippen LogP contribution in [0.25, 0.3) is 0 Å². The van der Waals surface area contributed by atoms with E-state index in [1.807, 2.05) is 33.8 Å². The fourth-order valence-electron chi connectivity index (χ4n) is 4.26. The topological polar surface area (TPSA) is 95.5 Å². The van der Waals surface area contributed by atoms with Crippen LogP contribution in [0.2, 0.25) is 0 Å². The molecule has 8 heteroatoms. The molecule has 31 heavy (non-hydrogen) atoms. The Balaban J connectivity index is 1.48. The van der Waals surface area contributed by atoms with Crippen LogP contribution in [0.4, 0.5) is 11.4 Å². The highest BCUT2D eigenvalue weighted by Crippen LogP contribution is 2.43. The smallest absolute Gasteiger partial charge is 0.257 e. The van der Waals surface area contributed by atoms with E-state index in [2.05, 4.69) is 15.3 Å². The number of amides is 3. The summed E-state index contributed by atoms with van der Waals surface area (Å²) in [5.41, 5.74) is 0.710. The summed E-state index contributed by atoms with van der Waals surface area (Å²) in [5, 5.41) is 2.79. The summed E-state index contributed by atoms with van der Waals surface area (Å²) < 4.78 is 0. The predicted octanol–water partition coefficient (Wildman–Crippen LogP) is 3.10. The van der Waals surface area contributed by atoms with E-state index in [0.717, 1.165) is 0 Å². The van der Waals surface area contributed by atoms with E-state index in [1.54, 1.807) is 40.4 Å². The number of nitrogens with zero attached hydrogens (tertiary/aromatic N) is 4. The molecular formula is C23H27N5O3. The second-order valence-electron chi connectivity index (χ2n) is 9.26. The molecule has 162 valence electrons. The Hall–Kier alpha value is -3.29. The summed E-state index contributed by atoms with van der Waals surface area (Å²) in [6.07, 6.45) is 4.19. The van der Waals surface area contributed by atoms with Crippen molar-refractivity contribution in [1.82, 2.24) is 14.9 Å².